The molecule has 1 saturated heterocycles. The molecule has 0 radical (unpaired) electrons. The Morgan fingerprint density at radius 2 is 1.70 bits per heavy atom. The molecule has 0 spiro atoms. The molecule has 54 heavy (non-hydrogen) atoms. The molecule has 3 N–H and O–H groups in total. The number of carboxylic acid groups (broad SMARTS) is 1. The second kappa shape index (κ2) is 22.1. The highest BCUT2D eigenvalue weighted by atomic mass is 35.5. The van der Waals surface area contributed by atoms with Crippen molar-refractivity contribution in [1.29, 1.82) is 0 Å². The third kappa shape index (κ3) is 18.1. The number of benzene rings is 3. The van der Waals surface area contributed by atoms with Gasteiger partial charge in [0.25, 0.3) is 5.91 Å². The van der Waals surface area contributed by atoms with Crippen LogP contribution in [0.3, 0.4) is 0 Å². The number of nitrogens with zero attached hydrogens (tertiary/aromatic N) is 2. The fraction of sp³-hybridized carbons (Fsp3) is 0.394. The number of alkyl halides is 3. The maximum atomic E-state index is 12.6. The van der Waals surface area contributed by atoms with Crippen LogP contribution in [0.2, 0.25) is 10.0 Å². The van der Waals surface area contributed by atoms with Crippen LogP contribution in [0.15, 0.2) is 60.7 Å². The zero-order valence-electron chi connectivity index (χ0n) is 30.0. The van der Waals surface area contributed by atoms with Gasteiger partial charge in [0.15, 0.2) is 0 Å². The van der Waals surface area contributed by atoms with Crippen LogP contribution in [-0.2, 0) is 42.6 Å². The van der Waals surface area contributed by atoms with Crippen LogP contribution in [0.4, 0.5) is 18.9 Å². The van der Waals surface area contributed by atoms with E-state index in [2.05, 4.69) is 18.8 Å². The Morgan fingerprint density at radius 1 is 1.09 bits per heavy atom. The number of rotatable bonds is 11. The fourth-order valence-electron chi connectivity index (χ4n) is 3.77. The van der Waals surface area contributed by atoms with Crippen molar-refractivity contribution < 1.29 is 61.5 Å². The van der Waals surface area contributed by atoms with Gasteiger partial charge in [-0.2, -0.15) is 13.2 Å². The quantitative estimate of drug-likeness (QED) is 0.0794. The lowest BCUT2D eigenvalue weighted by Gasteiger charge is -2.16. The molecule has 0 saturated carbocycles. The van der Waals surface area contributed by atoms with Gasteiger partial charge >= 0.3 is 17.8 Å². The minimum Gasteiger partial charge on any atom is -0.778 e. The van der Waals surface area contributed by atoms with Crippen molar-refractivity contribution in [3.8, 4) is 17.2 Å². The third-order valence-corrected chi connectivity index (χ3v) is 7.45. The number of carboxylic acids is 1. The van der Waals surface area contributed by atoms with E-state index in [1.54, 1.807) is 6.92 Å². The zero-order chi connectivity index (χ0) is 41.4. The summed E-state index contributed by atoms with van der Waals surface area (Å²) in [6.07, 6.45) is 1.36. The van der Waals surface area contributed by atoms with Crippen molar-refractivity contribution in [3.05, 3.63) is 92.0 Å². The largest absolute Gasteiger partial charge is 0.778 e. The van der Waals surface area contributed by atoms with Crippen LogP contribution in [-0.4, -0.2) is 76.7 Å². The number of hydrogen-bond donors (Lipinski definition) is 3. The highest BCUT2D eigenvalue weighted by Gasteiger charge is 2.40. The molecule has 21 heteroatoms. The molecule has 0 aliphatic carbocycles. The van der Waals surface area contributed by atoms with Crippen molar-refractivity contribution >= 4 is 59.3 Å². The Morgan fingerprint density at radius 3 is 2.17 bits per heavy atom. The van der Waals surface area contributed by atoms with Gasteiger partial charge in [-0.3, -0.25) is 29.9 Å². The summed E-state index contributed by atoms with van der Waals surface area (Å²) in [4.78, 5) is 55.3. The monoisotopic (exact) mass is 845 g/mol. The van der Waals surface area contributed by atoms with Gasteiger partial charge in [-0.15, -0.1) is 0 Å². The maximum absolute atomic E-state index is 12.6. The summed E-state index contributed by atoms with van der Waals surface area (Å²) >= 11 is 11.8. The van der Waals surface area contributed by atoms with Crippen LogP contribution in [0.25, 0.3) is 0 Å². The smallest absolute Gasteiger partial charge is 0.416 e. The average molecular weight is 847 g/mol. The number of hydroxylamine groups is 2. The number of nitrogens with one attached hydrogen (secondary N) is 1. The molecule has 1 fully saturated rings. The van der Waals surface area contributed by atoms with Crippen molar-refractivity contribution in [2.45, 2.75) is 33.5 Å². The Kier molecular flexibility index (Phi) is 19.8. The van der Waals surface area contributed by atoms with Crippen molar-refractivity contribution in [3.63, 3.8) is 0 Å². The van der Waals surface area contributed by atoms with E-state index < -0.39 is 48.5 Å². The number of nitro benzene ring substituents is 1. The van der Waals surface area contributed by atoms with E-state index in [-0.39, 0.29) is 40.5 Å². The lowest BCUT2D eigenvalue weighted by Crippen LogP contribution is -2.30. The standard InChI is InChI=1S/C15H11ClF3NO4.C12H14ClNO2.C3H8NO5P.C3H9S/c1-2-23-14-8-10(4-5-12(14)20(21)22)24-13-6-3-9(7-11(13)16)15(17,18)19;1-12(2)8-16-14(11(12)15)7-9-5-3-4-6-10(9)13;5-3(6)1-4-2-10(7,8)9;1-4(2)3/h3-8H,2H2,1H3;3-6H,7-8H2,1-2H3;4H,1-2H2,(H,5,6)(H2,7,8,9);1-3H3/q;;;+1/p-1. The van der Waals surface area contributed by atoms with Gasteiger partial charge in [0.05, 0.1) is 72.3 Å². The van der Waals surface area contributed by atoms with Gasteiger partial charge in [0.2, 0.25) is 5.75 Å². The number of hydrogen-bond acceptors (Lipinski definition) is 10. The summed E-state index contributed by atoms with van der Waals surface area (Å²) in [5.41, 5.74) is -0.683. The predicted octanol–water partition coefficient (Wildman–Crippen LogP) is 6.76. The maximum Gasteiger partial charge on any atom is 0.416 e. The molecule has 3 aromatic carbocycles. The number of aliphatic carboxylic acids is 1. The Labute approximate surface area is 323 Å². The van der Waals surface area contributed by atoms with Gasteiger partial charge in [-0.25, -0.2) is 5.06 Å². The van der Waals surface area contributed by atoms with Gasteiger partial charge < -0.3 is 28.9 Å². The number of carbonyl (C=O) groups is 2. The first-order valence-electron chi connectivity index (χ1n) is 15.5. The molecule has 4 rings (SSSR count). The van der Waals surface area contributed by atoms with Crippen LogP contribution < -0.4 is 19.7 Å². The SMILES string of the molecule is CC1(C)CON(Cc2ccccc2Cl)C1=O.CCOc1cc(Oc2ccc(C(F)(F)F)cc2Cl)ccc1[N+](=O)[O-].C[S+](C)C.O=C(O)CNCP(=O)([O-])O. The lowest BCUT2D eigenvalue weighted by atomic mass is 9.95. The molecule has 0 bridgehead atoms. The van der Waals surface area contributed by atoms with Crippen molar-refractivity contribution in [1.82, 2.24) is 10.4 Å². The first-order valence-corrected chi connectivity index (χ1v) is 20.4. The predicted molar refractivity (Wildman–Crippen MR) is 198 cm³/mol. The number of halogens is 5. The summed E-state index contributed by atoms with van der Waals surface area (Å²) in [5.74, 6) is -1.05. The second-order valence-electron chi connectivity index (χ2n) is 12.0. The molecule has 0 aromatic heterocycles. The topological polar surface area (TPSA) is 201 Å². The molecule has 1 unspecified atom stereocenters. The van der Waals surface area contributed by atoms with E-state index in [1.807, 2.05) is 43.4 Å². The van der Waals surface area contributed by atoms with Crippen LogP contribution in [0.5, 0.6) is 17.2 Å². The van der Waals surface area contributed by atoms with Gasteiger partial charge in [0, 0.05) is 17.2 Å². The molecule has 300 valence electrons. The summed E-state index contributed by atoms with van der Waals surface area (Å²) < 4.78 is 58.3. The lowest BCUT2D eigenvalue weighted by molar-refractivity contribution is -0.385. The summed E-state index contributed by atoms with van der Waals surface area (Å²) in [6.45, 7) is 5.96. The van der Waals surface area contributed by atoms with Gasteiger partial charge in [-0.1, -0.05) is 41.4 Å². The van der Waals surface area contributed by atoms with E-state index in [9.17, 15) is 42.3 Å². The highest BCUT2D eigenvalue weighted by Crippen LogP contribution is 2.38. The van der Waals surface area contributed by atoms with Gasteiger partial charge in [0.1, 0.15) is 19.1 Å². The van der Waals surface area contributed by atoms with Crippen LogP contribution in [0.1, 0.15) is 31.9 Å². The number of amides is 1. The average Bonchev–Trinajstić information content (AvgIpc) is 3.29. The Balaban J connectivity index is 0.000000417. The molecule has 1 aliphatic rings. The molecule has 1 heterocycles. The molecule has 1 atom stereocenters. The second-order valence-corrected chi connectivity index (χ2v) is 16.9. The van der Waals surface area contributed by atoms with E-state index in [0.717, 1.165) is 23.8 Å². The number of carbonyl (C=O) groups excluding carboxylic acids is 1. The molecule has 3 aromatic rings. The zero-order valence-corrected chi connectivity index (χ0v) is 33.2. The minimum atomic E-state index is -4.52. The Bertz CT molecular complexity index is 1760. The normalized spacial score (nSPS) is 14.3. The van der Waals surface area contributed by atoms with E-state index in [0.29, 0.717) is 29.1 Å². The minimum absolute atomic E-state index is 0.00687. The van der Waals surface area contributed by atoms with E-state index >= 15 is 0 Å². The summed E-state index contributed by atoms with van der Waals surface area (Å²) in [6, 6.07) is 13.9. The van der Waals surface area contributed by atoms with Crippen LogP contribution in [0, 0.1) is 15.5 Å². The van der Waals surface area contributed by atoms with E-state index in [1.165, 1.54) is 23.3 Å². The first kappa shape index (κ1) is 48.4. The molecular formula is C33H41Cl2F3N3O11PS. The number of ether oxygens (including phenoxy) is 2. The molecular weight excluding hydrogens is 805 g/mol. The Hall–Kier alpha value is -3.61. The molecule has 14 nitrogen and oxygen atoms in total. The highest BCUT2D eigenvalue weighted by molar-refractivity contribution is 7.94. The van der Waals surface area contributed by atoms with Crippen molar-refractivity contribution in [2.75, 3.05) is 44.8 Å². The van der Waals surface area contributed by atoms with Crippen LogP contribution >= 0.6 is 30.8 Å². The van der Waals surface area contributed by atoms with Gasteiger partial charge in [-0.05, 0) is 67.6 Å². The molecule has 1 amide bonds. The van der Waals surface area contributed by atoms with E-state index in [4.69, 9.17) is 47.5 Å². The fourth-order valence-corrected chi connectivity index (χ4v) is 4.58. The number of nitro groups is 1. The first-order chi connectivity index (χ1) is 24.9. The van der Waals surface area contributed by atoms with Crippen molar-refractivity contribution in [2.24, 2.45) is 5.41 Å². The molecule has 1 aliphatic heterocycles. The summed E-state index contributed by atoms with van der Waals surface area (Å²) in [5, 5.41) is 22.7. The third-order valence-electron chi connectivity index (χ3n) is 6.16. The summed E-state index contributed by atoms with van der Waals surface area (Å²) in [7, 11) is -3.71.